The molecule has 0 aromatic carbocycles. The van der Waals surface area contributed by atoms with Gasteiger partial charge in [0.05, 0.1) is 17.4 Å². The Hall–Kier alpha value is -2.43. The molecule has 0 saturated carbocycles. The second kappa shape index (κ2) is 3.55. The Morgan fingerprint density at radius 1 is 1.24 bits per heavy atom. The number of nitrogens with two attached hydrogens (primary N) is 1. The van der Waals surface area contributed by atoms with E-state index in [0.717, 1.165) is 16.9 Å². The predicted octanol–water partition coefficient (Wildman–Crippen LogP) is 1.61. The summed E-state index contributed by atoms with van der Waals surface area (Å²) < 4.78 is 1.97. The number of pyridine rings is 2. The first-order valence-corrected chi connectivity index (χ1v) is 5.24. The molecule has 3 aromatic heterocycles. The quantitative estimate of drug-likeness (QED) is 0.683. The Labute approximate surface area is 98.0 Å². The van der Waals surface area contributed by atoms with Crippen LogP contribution in [0.25, 0.3) is 22.6 Å². The fraction of sp³-hybridized carbons (Fsp3) is 0.0833. The number of imidazole rings is 1. The lowest BCUT2D eigenvalue weighted by molar-refractivity contribution is 0.951. The summed E-state index contributed by atoms with van der Waals surface area (Å²) in [4.78, 5) is 12.8. The SMILES string of the molecule is Cn1c(-c2ncccc2N)nc2cnccc21. The van der Waals surface area contributed by atoms with Crippen molar-refractivity contribution in [2.75, 3.05) is 5.73 Å². The van der Waals surface area contributed by atoms with E-state index in [1.54, 1.807) is 18.6 Å². The second-order valence-corrected chi connectivity index (χ2v) is 3.80. The lowest BCUT2D eigenvalue weighted by atomic mass is 10.3. The molecule has 17 heavy (non-hydrogen) atoms. The van der Waals surface area contributed by atoms with E-state index in [0.29, 0.717) is 11.4 Å². The number of aromatic nitrogens is 4. The third-order valence-electron chi connectivity index (χ3n) is 2.73. The Morgan fingerprint density at radius 3 is 2.88 bits per heavy atom. The highest BCUT2D eigenvalue weighted by atomic mass is 15.1. The molecule has 0 atom stereocenters. The van der Waals surface area contributed by atoms with Crippen molar-refractivity contribution in [2.45, 2.75) is 0 Å². The molecule has 0 aliphatic carbocycles. The van der Waals surface area contributed by atoms with Crippen LogP contribution in [0.3, 0.4) is 0 Å². The summed E-state index contributed by atoms with van der Waals surface area (Å²) in [6.07, 6.45) is 5.19. The molecule has 3 aromatic rings. The van der Waals surface area contributed by atoms with Crippen molar-refractivity contribution in [3.63, 3.8) is 0 Å². The van der Waals surface area contributed by atoms with Gasteiger partial charge in [0.25, 0.3) is 0 Å². The summed E-state index contributed by atoms with van der Waals surface area (Å²) >= 11 is 0. The molecule has 0 aliphatic rings. The van der Waals surface area contributed by atoms with E-state index in [4.69, 9.17) is 5.73 Å². The molecule has 0 saturated heterocycles. The molecule has 0 amide bonds. The minimum atomic E-state index is 0.624. The molecule has 0 aliphatic heterocycles. The van der Waals surface area contributed by atoms with Gasteiger partial charge in [-0.25, -0.2) is 4.98 Å². The lowest BCUT2D eigenvalue weighted by Crippen LogP contribution is -1.98. The van der Waals surface area contributed by atoms with Crippen LogP contribution >= 0.6 is 0 Å². The minimum Gasteiger partial charge on any atom is -0.397 e. The number of nitrogens with zero attached hydrogens (tertiary/aromatic N) is 4. The van der Waals surface area contributed by atoms with E-state index >= 15 is 0 Å². The van der Waals surface area contributed by atoms with Crippen molar-refractivity contribution in [3.8, 4) is 11.5 Å². The fourth-order valence-electron chi connectivity index (χ4n) is 1.87. The van der Waals surface area contributed by atoms with Crippen molar-refractivity contribution >= 4 is 16.7 Å². The van der Waals surface area contributed by atoms with E-state index in [1.165, 1.54) is 0 Å². The van der Waals surface area contributed by atoms with Crippen LogP contribution in [0.2, 0.25) is 0 Å². The Balaban J connectivity index is 2.32. The van der Waals surface area contributed by atoms with Crippen LogP contribution in [-0.2, 0) is 7.05 Å². The first kappa shape index (κ1) is 9.77. The molecule has 0 unspecified atom stereocenters. The van der Waals surface area contributed by atoms with Gasteiger partial charge in [-0.1, -0.05) is 0 Å². The molecular weight excluding hydrogens is 214 g/mol. The number of fused-ring (bicyclic) bond motifs is 1. The van der Waals surface area contributed by atoms with Crippen LogP contribution in [-0.4, -0.2) is 19.5 Å². The van der Waals surface area contributed by atoms with E-state index in [2.05, 4.69) is 15.0 Å². The summed E-state index contributed by atoms with van der Waals surface area (Å²) in [5, 5.41) is 0. The Kier molecular flexibility index (Phi) is 2.04. The zero-order valence-corrected chi connectivity index (χ0v) is 9.33. The Bertz CT molecular complexity index is 686. The third kappa shape index (κ3) is 1.44. The Morgan fingerprint density at radius 2 is 2.12 bits per heavy atom. The monoisotopic (exact) mass is 225 g/mol. The number of rotatable bonds is 1. The molecular formula is C12H11N5. The van der Waals surface area contributed by atoms with Crippen LogP contribution in [0.5, 0.6) is 0 Å². The normalized spacial score (nSPS) is 10.9. The number of aryl methyl sites for hydroxylation is 1. The summed E-state index contributed by atoms with van der Waals surface area (Å²) in [6.45, 7) is 0. The molecule has 2 N–H and O–H groups in total. The van der Waals surface area contributed by atoms with Gasteiger partial charge in [-0.05, 0) is 18.2 Å². The van der Waals surface area contributed by atoms with Crippen LogP contribution in [0.15, 0.2) is 36.8 Å². The molecule has 84 valence electrons. The van der Waals surface area contributed by atoms with Gasteiger partial charge in [0, 0.05) is 19.4 Å². The number of hydrogen-bond donors (Lipinski definition) is 1. The molecule has 5 nitrogen and oxygen atoms in total. The van der Waals surface area contributed by atoms with Crippen LogP contribution in [0.1, 0.15) is 0 Å². The van der Waals surface area contributed by atoms with Crippen molar-refractivity contribution in [3.05, 3.63) is 36.8 Å². The largest absolute Gasteiger partial charge is 0.397 e. The maximum atomic E-state index is 5.91. The topological polar surface area (TPSA) is 69.6 Å². The molecule has 0 radical (unpaired) electrons. The van der Waals surface area contributed by atoms with Crippen molar-refractivity contribution in [2.24, 2.45) is 7.05 Å². The van der Waals surface area contributed by atoms with Crippen LogP contribution in [0, 0.1) is 0 Å². The van der Waals surface area contributed by atoms with E-state index in [9.17, 15) is 0 Å². The smallest absolute Gasteiger partial charge is 0.161 e. The number of anilines is 1. The predicted molar refractivity (Wildman–Crippen MR) is 66.2 cm³/mol. The highest BCUT2D eigenvalue weighted by Gasteiger charge is 2.12. The molecule has 3 heterocycles. The van der Waals surface area contributed by atoms with Crippen molar-refractivity contribution < 1.29 is 0 Å². The molecule has 5 heteroatoms. The summed E-state index contributed by atoms with van der Waals surface area (Å²) in [7, 11) is 1.94. The first-order valence-electron chi connectivity index (χ1n) is 5.24. The van der Waals surface area contributed by atoms with E-state index in [1.807, 2.05) is 29.8 Å². The highest BCUT2D eigenvalue weighted by molar-refractivity contribution is 5.81. The van der Waals surface area contributed by atoms with Gasteiger partial charge in [0.15, 0.2) is 5.82 Å². The maximum absolute atomic E-state index is 5.91. The fourth-order valence-corrected chi connectivity index (χ4v) is 1.87. The zero-order valence-electron chi connectivity index (χ0n) is 9.33. The number of hydrogen-bond acceptors (Lipinski definition) is 4. The van der Waals surface area contributed by atoms with Crippen molar-refractivity contribution in [1.82, 2.24) is 19.5 Å². The summed E-state index contributed by atoms with van der Waals surface area (Å²) in [6, 6.07) is 5.55. The van der Waals surface area contributed by atoms with Crippen LogP contribution < -0.4 is 5.73 Å². The van der Waals surface area contributed by atoms with Gasteiger partial charge in [-0.15, -0.1) is 0 Å². The zero-order chi connectivity index (χ0) is 11.8. The highest BCUT2D eigenvalue weighted by Crippen LogP contribution is 2.25. The van der Waals surface area contributed by atoms with Gasteiger partial charge in [-0.3, -0.25) is 9.97 Å². The number of nitrogen functional groups attached to an aromatic ring is 1. The van der Waals surface area contributed by atoms with Crippen molar-refractivity contribution in [1.29, 1.82) is 0 Å². The average Bonchev–Trinajstić information content (AvgIpc) is 2.68. The standard InChI is InChI=1S/C12H11N5/c1-17-10-4-6-14-7-9(10)16-12(17)11-8(13)3-2-5-15-11/h2-7H,13H2,1H3. The maximum Gasteiger partial charge on any atom is 0.161 e. The van der Waals surface area contributed by atoms with Crippen LogP contribution in [0.4, 0.5) is 5.69 Å². The van der Waals surface area contributed by atoms with Gasteiger partial charge in [-0.2, -0.15) is 0 Å². The van der Waals surface area contributed by atoms with E-state index in [-0.39, 0.29) is 0 Å². The van der Waals surface area contributed by atoms with Gasteiger partial charge >= 0.3 is 0 Å². The molecule has 0 bridgehead atoms. The molecule has 3 rings (SSSR count). The third-order valence-corrected chi connectivity index (χ3v) is 2.73. The van der Waals surface area contributed by atoms with Gasteiger partial charge in [0.1, 0.15) is 11.2 Å². The summed E-state index contributed by atoms with van der Waals surface area (Å²) in [5.41, 5.74) is 9.09. The van der Waals surface area contributed by atoms with E-state index < -0.39 is 0 Å². The van der Waals surface area contributed by atoms with Gasteiger partial charge in [0.2, 0.25) is 0 Å². The van der Waals surface area contributed by atoms with Gasteiger partial charge < -0.3 is 10.3 Å². The lowest BCUT2D eigenvalue weighted by Gasteiger charge is -2.03. The summed E-state index contributed by atoms with van der Waals surface area (Å²) in [5.74, 6) is 0.756. The molecule has 0 spiro atoms. The molecule has 0 fully saturated rings. The first-order chi connectivity index (χ1) is 8.27. The average molecular weight is 225 g/mol. The minimum absolute atomic E-state index is 0.624. The second-order valence-electron chi connectivity index (χ2n) is 3.80.